The predicted octanol–water partition coefficient (Wildman–Crippen LogP) is 3.51. The van der Waals surface area contributed by atoms with E-state index in [4.69, 9.17) is 4.74 Å². The molecule has 0 saturated carbocycles. The van der Waals surface area contributed by atoms with Crippen LogP contribution in [-0.4, -0.2) is 42.8 Å². The number of aliphatic hydroxyl groups is 1. The fourth-order valence-corrected chi connectivity index (χ4v) is 4.17. The van der Waals surface area contributed by atoms with E-state index in [9.17, 15) is 9.90 Å². The number of benzene rings is 3. The number of methoxy groups -OCH3 is 1. The van der Waals surface area contributed by atoms with Gasteiger partial charge < -0.3 is 39.3 Å². The van der Waals surface area contributed by atoms with Crippen molar-refractivity contribution in [2.24, 2.45) is 0 Å². The molecule has 3 aromatic rings. The summed E-state index contributed by atoms with van der Waals surface area (Å²) in [6, 6.07) is 25.1. The maximum absolute atomic E-state index is 13.2. The van der Waals surface area contributed by atoms with E-state index >= 15 is 0 Å². The minimum atomic E-state index is -0.159. The maximum Gasteiger partial charge on any atom is 1.00 e. The zero-order chi connectivity index (χ0) is 27.2. The zero-order valence-corrected chi connectivity index (χ0v) is 23.3. The van der Waals surface area contributed by atoms with Gasteiger partial charge in [-0.3, -0.25) is 5.92 Å². The van der Waals surface area contributed by atoms with E-state index in [1.807, 2.05) is 97.1 Å². The van der Waals surface area contributed by atoms with Gasteiger partial charge in [0.1, 0.15) is 5.75 Å². The van der Waals surface area contributed by atoms with E-state index in [0.717, 1.165) is 47.6 Å². The normalized spacial score (nSPS) is 11.1. The van der Waals surface area contributed by atoms with Gasteiger partial charge in [-0.2, -0.15) is 13.3 Å². The van der Waals surface area contributed by atoms with Crippen LogP contribution in [0.2, 0.25) is 0 Å². The van der Waals surface area contributed by atoms with Gasteiger partial charge in [0.2, 0.25) is 0 Å². The second-order valence-corrected chi connectivity index (χ2v) is 9.12. The second-order valence-electron chi connectivity index (χ2n) is 9.12. The molecule has 200 valence electrons. The van der Waals surface area contributed by atoms with Crippen LogP contribution in [0, 0.1) is 31.1 Å². The quantitative estimate of drug-likeness (QED) is 0.168. The average Bonchev–Trinajstić information content (AvgIpc) is 2.95. The Hall–Kier alpha value is -3.15. The van der Waals surface area contributed by atoms with Crippen molar-refractivity contribution in [3.63, 3.8) is 0 Å². The molecule has 0 bridgehead atoms. The van der Waals surface area contributed by atoms with E-state index in [-0.39, 0.29) is 37.4 Å². The van der Waals surface area contributed by atoms with Crippen LogP contribution in [0.3, 0.4) is 0 Å². The number of unbranched alkanes of at least 4 members (excludes halogenated alkanes) is 2. The third-order valence-electron chi connectivity index (χ3n) is 6.26. The Morgan fingerprint density at radius 1 is 1.03 bits per heavy atom. The van der Waals surface area contributed by atoms with Gasteiger partial charge in [-0.05, 0) is 55.0 Å². The summed E-state index contributed by atoms with van der Waals surface area (Å²) < 4.78 is 5.21. The van der Waals surface area contributed by atoms with Crippen molar-refractivity contribution >= 4 is 11.7 Å². The average molecular weight is 517 g/mol. The zero-order valence-electron chi connectivity index (χ0n) is 23.3. The van der Waals surface area contributed by atoms with Gasteiger partial charge in [-0.25, -0.2) is 4.79 Å². The smallest absolute Gasteiger partial charge is 0.497 e. The van der Waals surface area contributed by atoms with Gasteiger partial charge in [-0.15, -0.1) is 12.1 Å². The van der Waals surface area contributed by atoms with Gasteiger partial charge in [0, 0.05) is 23.4 Å². The Morgan fingerprint density at radius 3 is 2.26 bits per heavy atom. The predicted molar refractivity (Wildman–Crippen MR) is 155 cm³/mol. The molecule has 0 aromatic heterocycles. The van der Waals surface area contributed by atoms with Crippen LogP contribution in [0.1, 0.15) is 48.8 Å². The molecule has 39 heavy (non-hydrogen) atoms. The number of hydrogen-bond acceptors (Lipinski definition) is 3. The van der Waals surface area contributed by atoms with Crippen LogP contribution in [0.25, 0.3) is 0 Å². The maximum atomic E-state index is 13.2. The summed E-state index contributed by atoms with van der Waals surface area (Å²) in [5.41, 5.74) is 3.65. The van der Waals surface area contributed by atoms with Gasteiger partial charge in [0.05, 0.1) is 7.11 Å². The minimum Gasteiger partial charge on any atom is -0.497 e. The molecular formula is C33H37LiN2O3-2. The first-order chi connectivity index (χ1) is 18.5. The number of anilines is 1. The molecule has 3 rings (SSSR count). The molecule has 0 saturated heterocycles. The topological polar surface area (TPSA) is 61.8 Å². The van der Waals surface area contributed by atoms with Crippen LogP contribution < -0.4 is 28.9 Å². The largest absolute Gasteiger partial charge is 1.00 e. The molecule has 2 N–H and O–H groups in total. The summed E-state index contributed by atoms with van der Waals surface area (Å²) in [4.78, 5) is 15.1. The monoisotopic (exact) mass is 516 g/mol. The molecule has 2 amide bonds. The summed E-state index contributed by atoms with van der Waals surface area (Å²) in [6.45, 7) is 6.99. The molecule has 5 nitrogen and oxygen atoms in total. The molecule has 1 atom stereocenters. The third-order valence-corrected chi connectivity index (χ3v) is 6.26. The van der Waals surface area contributed by atoms with Crippen LogP contribution in [0.15, 0.2) is 78.9 Å². The van der Waals surface area contributed by atoms with Crippen LogP contribution in [0.4, 0.5) is 10.5 Å². The molecular weight excluding hydrogens is 479 g/mol. The van der Waals surface area contributed by atoms with Crippen LogP contribution in [-0.2, 0) is 0 Å². The first kappa shape index (κ1) is 32.1. The van der Waals surface area contributed by atoms with Crippen molar-refractivity contribution in [3.05, 3.63) is 115 Å². The molecule has 0 spiro atoms. The van der Waals surface area contributed by atoms with E-state index in [1.165, 1.54) is 0 Å². The summed E-state index contributed by atoms with van der Waals surface area (Å²) in [5, 5.41) is 12.8. The number of ether oxygens (including phenoxy) is 1. The molecule has 6 heteroatoms. The van der Waals surface area contributed by atoms with E-state index in [1.54, 1.807) is 7.11 Å². The summed E-state index contributed by atoms with van der Waals surface area (Å²) in [5.74, 6) is 8.09. The molecule has 0 aliphatic rings. The van der Waals surface area contributed by atoms with Crippen molar-refractivity contribution in [2.45, 2.75) is 32.1 Å². The standard InChI is InChI=1S/C33H37N2O3.Li/c1-4-5-9-23-35(33(37)34-30-18-20-31(38-3)21-19-30)25-26(2)32(22-24-36)29-16-14-28(15-17-29)13-12-27-10-7-6-8-11-27;/h6-8,10-11,14-22,32,36H,1,4-5,9,23-25H2,2-3H3,(H,34,37);/q-3;+1/t32-;/m0./s1. The van der Waals surface area contributed by atoms with Gasteiger partial charge in [0.25, 0.3) is 0 Å². The number of rotatable bonds is 12. The Labute approximate surface area is 246 Å². The first-order valence-electron chi connectivity index (χ1n) is 13.0. The second kappa shape index (κ2) is 17.4. The Kier molecular flexibility index (Phi) is 14.3. The Bertz CT molecular complexity index is 1170. The number of nitrogens with one attached hydrogen (secondary N) is 1. The number of carbonyl (C=O) groups excluding carboxylic acids is 1. The summed E-state index contributed by atoms with van der Waals surface area (Å²) >= 11 is 0. The number of hydrogen-bond donors (Lipinski definition) is 2. The van der Waals surface area contributed by atoms with Crippen molar-refractivity contribution < 1.29 is 33.5 Å². The third kappa shape index (κ3) is 10.5. The molecule has 0 heterocycles. The molecule has 0 fully saturated rings. The van der Waals surface area contributed by atoms with E-state index in [2.05, 4.69) is 24.1 Å². The fourth-order valence-electron chi connectivity index (χ4n) is 4.17. The van der Waals surface area contributed by atoms with Gasteiger partial charge >= 0.3 is 24.9 Å². The summed E-state index contributed by atoms with van der Waals surface area (Å²) in [6.07, 6.45) is 4.52. The van der Waals surface area contributed by atoms with Crippen molar-refractivity contribution in [3.8, 4) is 17.6 Å². The van der Waals surface area contributed by atoms with Gasteiger partial charge in [-0.1, -0.05) is 55.2 Å². The SMILES string of the molecule is [CH2-]CCCCN(C[C-](C)[C@H]([CH-]CO)c1ccc(C#Cc2ccccc2)cc1)C(=O)Nc1ccc(OC)cc1.[Li+]. The van der Waals surface area contributed by atoms with E-state index in [0.29, 0.717) is 18.8 Å². The number of nitrogens with zero attached hydrogens (tertiary/aromatic N) is 1. The number of urea groups is 1. The first-order valence-corrected chi connectivity index (χ1v) is 13.0. The Balaban J connectivity index is 0.00000533. The number of aliphatic hydroxyl groups excluding tert-OH is 1. The minimum absolute atomic E-state index is 0. The van der Waals surface area contributed by atoms with Crippen molar-refractivity contribution in [2.75, 3.05) is 32.1 Å². The van der Waals surface area contributed by atoms with Crippen LogP contribution >= 0.6 is 0 Å². The van der Waals surface area contributed by atoms with E-state index < -0.39 is 0 Å². The van der Waals surface area contributed by atoms with Crippen molar-refractivity contribution in [1.29, 1.82) is 0 Å². The van der Waals surface area contributed by atoms with Crippen LogP contribution in [0.5, 0.6) is 5.75 Å². The molecule has 0 aliphatic heterocycles. The molecule has 0 radical (unpaired) electrons. The fraction of sp³-hybridized carbons (Fsp3) is 0.273. The molecule has 0 aliphatic carbocycles. The van der Waals surface area contributed by atoms with Gasteiger partial charge in [0.15, 0.2) is 0 Å². The molecule has 3 aromatic carbocycles. The van der Waals surface area contributed by atoms with Crippen molar-refractivity contribution in [1.82, 2.24) is 4.90 Å². The molecule has 0 unspecified atom stereocenters. The summed E-state index contributed by atoms with van der Waals surface area (Å²) in [7, 11) is 1.61. The number of carbonyl (C=O) groups is 1. The Morgan fingerprint density at radius 2 is 1.67 bits per heavy atom. The number of amides is 2.